The summed E-state index contributed by atoms with van der Waals surface area (Å²) in [5.74, 6) is 1.81. The number of hydrogen-bond acceptors (Lipinski definition) is 5. The Hall–Kier alpha value is -3.36. The highest BCUT2D eigenvalue weighted by Crippen LogP contribution is 2.33. The first kappa shape index (κ1) is 25.7. The average Bonchev–Trinajstić information content (AvgIpc) is 3.52. The van der Waals surface area contributed by atoms with Gasteiger partial charge in [-0.05, 0) is 47.9 Å². The standard InChI is InChI=1S/C26H27Cl2N3O5/c1-17(2)12-31(26(33)29-25-20(27)6-3-7-21(25)28)15-24(32)30(14-19-5-4-10-34-19)13-18-8-9-22-23(11-18)36-16-35-22/h3-11,17H,12-16H2,1-2H3,(H,29,33). The fraction of sp³-hybridized carbons (Fsp3) is 0.308. The van der Waals surface area contributed by atoms with Crippen molar-refractivity contribution in [3.63, 3.8) is 0 Å². The molecule has 0 aliphatic carbocycles. The lowest BCUT2D eigenvalue weighted by Gasteiger charge is -2.29. The van der Waals surface area contributed by atoms with Crippen LogP contribution in [0.5, 0.6) is 11.5 Å². The maximum absolute atomic E-state index is 13.5. The van der Waals surface area contributed by atoms with Gasteiger partial charge in [-0.2, -0.15) is 0 Å². The Labute approximate surface area is 219 Å². The topological polar surface area (TPSA) is 84.2 Å². The number of benzene rings is 2. The van der Waals surface area contributed by atoms with Crippen LogP contribution in [0.15, 0.2) is 59.2 Å². The van der Waals surface area contributed by atoms with Gasteiger partial charge in [0.25, 0.3) is 0 Å². The van der Waals surface area contributed by atoms with Crippen LogP contribution in [-0.4, -0.2) is 41.6 Å². The summed E-state index contributed by atoms with van der Waals surface area (Å²) < 4.78 is 16.3. The van der Waals surface area contributed by atoms with Crippen molar-refractivity contribution in [1.82, 2.24) is 9.80 Å². The second-order valence-corrected chi connectivity index (χ2v) is 9.63. The van der Waals surface area contributed by atoms with Gasteiger partial charge in [0, 0.05) is 13.1 Å². The lowest BCUT2D eigenvalue weighted by atomic mass is 10.1. The van der Waals surface area contributed by atoms with E-state index in [9.17, 15) is 9.59 Å². The number of anilines is 1. The summed E-state index contributed by atoms with van der Waals surface area (Å²) in [6.07, 6.45) is 1.56. The molecule has 3 amide bonds. The van der Waals surface area contributed by atoms with Gasteiger partial charge >= 0.3 is 6.03 Å². The molecule has 0 radical (unpaired) electrons. The highest BCUT2D eigenvalue weighted by Gasteiger charge is 2.25. The maximum atomic E-state index is 13.5. The van der Waals surface area contributed by atoms with Crippen molar-refractivity contribution >= 4 is 40.8 Å². The van der Waals surface area contributed by atoms with Crippen LogP contribution in [0, 0.1) is 5.92 Å². The number of nitrogens with one attached hydrogen (secondary N) is 1. The molecule has 2 heterocycles. The van der Waals surface area contributed by atoms with Crippen molar-refractivity contribution in [2.45, 2.75) is 26.9 Å². The van der Waals surface area contributed by atoms with Gasteiger partial charge in [-0.3, -0.25) is 4.79 Å². The summed E-state index contributed by atoms with van der Waals surface area (Å²) in [4.78, 5) is 29.8. The minimum Gasteiger partial charge on any atom is -0.467 e. The number of halogens is 2. The van der Waals surface area contributed by atoms with E-state index < -0.39 is 6.03 Å². The minimum absolute atomic E-state index is 0.123. The van der Waals surface area contributed by atoms with Gasteiger partial charge in [-0.1, -0.05) is 49.2 Å². The number of rotatable bonds is 9. The normalized spacial score (nSPS) is 12.0. The molecule has 1 aromatic heterocycles. The van der Waals surface area contributed by atoms with Crippen molar-refractivity contribution in [2.24, 2.45) is 5.92 Å². The highest BCUT2D eigenvalue weighted by molar-refractivity contribution is 6.39. The SMILES string of the molecule is CC(C)CN(CC(=O)N(Cc1ccc2c(c1)OCO2)Cc1ccco1)C(=O)Nc1c(Cl)cccc1Cl. The third kappa shape index (κ3) is 6.44. The number of hydrogen-bond donors (Lipinski definition) is 1. The Morgan fingerprint density at radius 1 is 0.972 bits per heavy atom. The van der Waals surface area contributed by atoms with E-state index >= 15 is 0 Å². The molecule has 0 atom stereocenters. The van der Waals surface area contributed by atoms with Crippen LogP contribution in [0.3, 0.4) is 0 Å². The number of furan rings is 1. The third-order valence-corrected chi connectivity index (χ3v) is 6.11. The Kier molecular flexibility index (Phi) is 8.28. The fourth-order valence-corrected chi connectivity index (χ4v) is 4.30. The molecular formula is C26H27Cl2N3O5. The first-order valence-corrected chi connectivity index (χ1v) is 12.2. The van der Waals surface area contributed by atoms with Crippen molar-refractivity contribution in [1.29, 1.82) is 0 Å². The monoisotopic (exact) mass is 531 g/mol. The summed E-state index contributed by atoms with van der Waals surface area (Å²) in [5, 5.41) is 3.38. The van der Waals surface area contributed by atoms with Crippen LogP contribution in [0.2, 0.25) is 10.0 Å². The highest BCUT2D eigenvalue weighted by atomic mass is 35.5. The molecule has 3 aromatic rings. The average molecular weight is 532 g/mol. The first-order valence-electron chi connectivity index (χ1n) is 11.5. The van der Waals surface area contributed by atoms with E-state index in [1.165, 1.54) is 4.90 Å². The van der Waals surface area contributed by atoms with E-state index in [2.05, 4.69) is 5.32 Å². The molecule has 0 spiro atoms. The molecule has 4 rings (SSSR count). The molecular weight excluding hydrogens is 505 g/mol. The molecule has 0 saturated carbocycles. The second-order valence-electron chi connectivity index (χ2n) is 8.82. The number of ether oxygens (including phenoxy) is 2. The van der Waals surface area contributed by atoms with Gasteiger partial charge < -0.3 is 29.0 Å². The van der Waals surface area contributed by atoms with E-state index in [0.717, 1.165) is 5.56 Å². The Balaban J connectivity index is 1.53. The van der Waals surface area contributed by atoms with E-state index in [0.29, 0.717) is 46.1 Å². The quantitative estimate of drug-likeness (QED) is 0.364. The molecule has 8 nitrogen and oxygen atoms in total. The zero-order valence-corrected chi connectivity index (χ0v) is 21.5. The predicted molar refractivity (Wildman–Crippen MR) is 137 cm³/mol. The number of carbonyl (C=O) groups excluding carboxylic acids is 2. The molecule has 36 heavy (non-hydrogen) atoms. The molecule has 0 saturated heterocycles. The fourth-order valence-electron chi connectivity index (χ4n) is 3.81. The van der Waals surface area contributed by atoms with Gasteiger partial charge in [0.2, 0.25) is 12.7 Å². The predicted octanol–water partition coefficient (Wildman–Crippen LogP) is 6.03. The minimum atomic E-state index is -0.465. The summed E-state index contributed by atoms with van der Waals surface area (Å²) in [6.45, 7) is 4.87. The number of amides is 3. The Bertz CT molecular complexity index is 1200. The van der Waals surface area contributed by atoms with Gasteiger partial charge in [0.05, 0.1) is 28.5 Å². The molecule has 1 aliphatic rings. The number of fused-ring (bicyclic) bond motifs is 1. The largest absolute Gasteiger partial charge is 0.467 e. The molecule has 10 heteroatoms. The van der Waals surface area contributed by atoms with Crippen molar-refractivity contribution in [2.75, 3.05) is 25.2 Å². The number of urea groups is 1. The number of carbonyl (C=O) groups is 2. The summed E-state index contributed by atoms with van der Waals surface area (Å²) in [7, 11) is 0. The molecule has 0 fully saturated rings. The second kappa shape index (κ2) is 11.6. The molecule has 1 aliphatic heterocycles. The summed E-state index contributed by atoms with van der Waals surface area (Å²) >= 11 is 12.5. The van der Waals surface area contributed by atoms with Crippen molar-refractivity contribution < 1.29 is 23.5 Å². The number of para-hydroxylation sites is 1. The van der Waals surface area contributed by atoms with E-state index in [1.54, 1.807) is 41.5 Å². The molecule has 0 bridgehead atoms. The molecule has 1 N–H and O–H groups in total. The van der Waals surface area contributed by atoms with Crippen molar-refractivity contribution in [3.05, 3.63) is 76.2 Å². The zero-order chi connectivity index (χ0) is 25.7. The van der Waals surface area contributed by atoms with Gasteiger partial charge in [0.1, 0.15) is 12.3 Å². The lowest BCUT2D eigenvalue weighted by molar-refractivity contribution is -0.133. The van der Waals surface area contributed by atoms with Crippen LogP contribution < -0.4 is 14.8 Å². The van der Waals surface area contributed by atoms with Gasteiger partial charge in [0.15, 0.2) is 11.5 Å². The zero-order valence-electron chi connectivity index (χ0n) is 20.0. The smallest absolute Gasteiger partial charge is 0.322 e. The van der Waals surface area contributed by atoms with E-state index in [1.807, 2.05) is 32.0 Å². The van der Waals surface area contributed by atoms with Gasteiger partial charge in [-0.15, -0.1) is 0 Å². The summed E-state index contributed by atoms with van der Waals surface area (Å²) in [6, 6.07) is 13.6. The lowest BCUT2D eigenvalue weighted by Crippen LogP contribution is -2.45. The molecule has 0 unspecified atom stereocenters. The van der Waals surface area contributed by atoms with Crippen LogP contribution >= 0.6 is 23.2 Å². The summed E-state index contributed by atoms with van der Waals surface area (Å²) in [5.41, 5.74) is 1.17. The van der Waals surface area contributed by atoms with Crippen LogP contribution in [-0.2, 0) is 17.9 Å². The first-order chi connectivity index (χ1) is 17.3. The van der Waals surface area contributed by atoms with Crippen LogP contribution in [0.25, 0.3) is 0 Å². The maximum Gasteiger partial charge on any atom is 0.322 e. The van der Waals surface area contributed by atoms with Gasteiger partial charge in [-0.25, -0.2) is 4.79 Å². The number of nitrogens with zero attached hydrogens (tertiary/aromatic N) is 2. The molecule has 2 aromatic carbocycles. The van der Waals surface area contributed by atoms with E-state index in [-0.39, 0.29) is 31.7 Å². The van der Waals surface area contributed by atoms with Crippen molar-refractivity contribution in [3.8, 4) is 11.5 Å². The molecule has 190 valence electrons. The Morgan fingerprint density at radius 3 is 2.42 bits per heavy atom. The van der Waals surface area contributed by atoms with E-state index in [4.69, 9.17) is 37.1 Å². The van der Waals surface area contributed by atoms with Crippen LogP contribution in [0.4, 0.5) is 10.5 Å². The third-order valence-electron chi connectivity index (χ3n) is 5.48. The Morgan fingerprint density at radius 2 is 1.72 bits per heavy atom. The van der Waals surface area contributed by atoms with Crippen LogP contribution in [0.1, 0.15) is 25.2 Å².